The molecule has 17 heavy (non-hydrogen) atoms. The molecule has 2 aliphatic rings. The lowest BCUT2D eigenvalue weighted by molar-refractivity contribution is 0.160. The Morgan fingerprint density at radius 1 is 1.47 bits per heavy atom. The highest BCUT2D eigenvalue weighted by Crippen LogP contribution is 2.18. The highest BCUT2D eigenvalue weighted by Gasteiger charge is 2.25. The molecule has 3 rings (SSSR count). The normalized spacial score (nSPS) is 30.2. The summed E-state index contributed by atoms with van der Waals surface area (Å²) in [4.78, 5) is 2.50. The molecule has 5 nitrogen and oxygen atoms in total. The molecule has 1 fully saturated rings. The highest BCUT2D eigenvalue weighted by atomic mass is 15.3. The predicted octanol–water partition coefficient (Wildman–Crippen LogP) is 0.482. The standard InChI is InChI=1S/C12H21N5/c1-10-3-2-4-13-11(10)7-16-5-6-17-9-14-15-12(17)8-16/h9-11,13H,2-8H2,1H3. The second-order valence-electron chi connectivity index (χ2n) is 5.36. The molecule has 2 unspecified atom stereocenters. The van der Waals surface area contributed by atoms with Gasteiger partial charge in [-0.2, -0.15) is 0 Å². The van der Waals surface area contributed by atoms with Crippen LogP contribution in [-0.4, -0.2) is 45.3 Å². The first-order valence-electron chi connectivity index (χ1n) is 6.65. The summed E-state index contributed by atoms with van der Waals surface area (Å²) in [5.74, 6) is 1.91. The van der Waals surface area contributed by atoms with Crippen LogP contribution in [0.15, 0.2) is 6.33 Å². The van der Waals surface area contributed by atoms with Gasteiger partial charge in [0, 0.05) is 25.7 Å². The van der Waals surface area contributed by atoms with Crippen LogP contribution < -0.4 is 5.32 Å². The molecule has 0 saturated carbocycles. The van der Waals surface area contributed by atoms with E-state index in [4.69, 9.17) is 0 Å². The van der Waals surface area contributed by atoms with Gasteiger partial charge in [0.1, 0.15) is 12.2 Å². The van der Waals surface area contributed by atoms with Crippen molar-refractivity contribution in [2.45, 2.75) is 38.9 Å². The molecule has 2 aliphatic heterocycles. The van der Waals surface area contributed by atoms with Crippen molar-refractivity contribution in [1.82, 2.24) is 25.0 Å². The number of nitrogens with zero attached hydrogens (tertiary/aromatic N) is 4. The second-order valence-corrected chi connectivity index (χ2v) is 5.36. The molecule has 0 spiro atoms. The summed E-state index contributed by atoms with van der Waals surface area (Å²) in [5, 5.41) is 11.8. The molecule has 2 atom stereocenters. The van der Waals surface area contributed by atoms with Crippen molar-refractivity contribution in [3.8, 4) is 0 Å². The molecule has 0 aromatic carbocycles. The molecule has 0 bridgehead atoms. The number of piperidine rings is 1. The number of fused-ring (bicyclic) bond motifs is 1. The van der Waals surface area contributed by atoms with Crippen molar-refractivity contribution >= 4 is 0 Å². The van der Waals surface area contributed by atoms with E-state index in [1.165, 1.54) is 19.4 Å². The van der Waals surface area contributed by atoms with Gasteiger partial charge < -0.3 is 9.88 Å². The first kappa shape index (κ1) is 11.2. The lowest BCUT2D eigenvalue weighted by Gasteiger charge is -2.36. The van der Waals surface area contributed by atoms with Crippen LogP contribution in [0.2, 0.25) is 0 Å². The van der Waals surface area contributed by atoms with E-state index in [0.29, 0.717) is 6.04 Å². The van der Waals surface area contributed by atoms with Gasteiger partial charge >= 0.3 is 0 Å². The lowest BCUT2D eigenvalue weighted by Crippen LogP contribution is -2.49. The minimum Gasteiger partial charge on any atom is -0.315 e. The fourth-order valence-electron chi connectivity index (χ4n) is 2.91. The van der Waals surface area contributed by atoms with Crippen molar-refractivity contribution in [2.75, 3.05) is 19.6 Å². The molecule has 1 saturated heterocycles. The van der Waals surface area contributed by atoms with Crippen LogP contribution in [-0.2, 0) is 13.1 Å². The Labute approximate surface area is 102 Å². The van der Waals surface area contributed by atoms with E-state index < -0.39 is 0 Å². The van der Waals surface area contributed by atoms with E-state index in [2.05, 4.69) is 31.9 Å². The second kappa shape index (κ2) is 4.74. The van der Waals surface area contributed by atoms with E-state index in [9.17, 15) is 0 Å². The van der Waals surface area contributed by atoms with Gasteiger partial charge in [-0.1, -0.05) is 6.92 Å². The van der Waals surface area contributed by atoms with Gasteiger partial charge in [0.05, 0.1) is 6.54 Å². The lowest BCUT2D eigenvalue weighted by atomic mass is 9.92. The van der Waals surface area contributed by atoms with E-state index in [-0.39, 0.29) is 0 Å². The van der Waals surface area contributed by atoms with Gasteiger partial charge in [-0.05, 0) is 25.3 Å². The third-order valence-corrected chi connectivity index (χ3v) is 4.10. The summed E-state index contributed by atoms with van der Waals surface area (Å²) >= 11 is 0. The molecule has 0 amide bonds. The maximum atomic E-state index is 4.17. The number of hydrogen-bond acceptors (Lipinski definition) is 4. The molecular weight excluding hydrogens is 214 g/mol. The molecule has 0 aliphatic carbocycles. The number of aromatic nitrogens is 3. The molecule has 94 valence electrons. The molecular formula is C12H21N5. The van der Waals surface area contributed by atoms with Gasteiger partial charge in [-0.15, -0.1) is 10.2 Å². The summed E-state index contributed by atoms with van der Waals surface area (Å²) in [6.07, 6.45) is 4.53. The fourth-order valence-corrected chi connectivity index (χ4v) is 2.91. The van der Waals surface area contributed by atoms with Gasteiger partial charge in [0.15, 0.2) is 0 Å². The number of nitrogens with one attached hydrogen (secondary N) is 1. The van der Waals surface area contributed by atoms with Crippen molar-refractivity contribution in [3.05, 3.63) is 12.2 Å². The maximum absolute atomic E-state index is 4.17. The zero-order chi connectivity index (χ0) is 11.7. The van der Waals surface area contributed by atoms with Crippen molar-refractivity contribution < 1.29 is 0 Å². The molecule has 3 heterocycles. The minimum absolute atomic E-state index is 0.651. The zero-order valence-corrected chi connectivity index (χ0v) is 10.5. The predicted molar refractivity (Wildman–Crippen MR) is 65.5 cm³/mol. The van der Waals surface area contributed by atoms with Crippen molar-refractivity contribution in [3.63, 3.8) is 0 Å². The smallest absolute Gasteiger partial charge is 0.147 e. The SMILES string of the molecule is CC1CCCNC1CN1CCn2cnnc2C1. The molecule has 0 radical (unpaired) electrons. The van der Waals surface area contributed by atoms with E-state index in [1.807, 2.05) is 6.33 Å². The summed E-state index contributed by atoms with van der Waals surface area (Å²) in [6, 6.07) is 0.651. The number of hydrogen-bond donors (Lipinski definition) is 1. The van der Waals surface area contributed by atoms with Crippen molar-refractivity contribution in [1.29, 1.82) is 0 Å². The highest BCUT2D eigenvalue weighted by molar-refractivity contribution is 4.91. The summed E-state index contributed by atoms with van der Waals surface area (Å²) < 4.78 is 2.16. The largest absolute Gasteiger partial charge is 0.315 e. The van der Waals surface area contributed by atoms with E-state index >= 15 is 0 Å². The monoisotopic (exact) mass is 235 g/mol. The summed E-state index contributed by atoms with van der Waals surface area (Å²) in [6.45, 7) is 7.79. The zero-order valence-electron chi connectivity index (χ0n) is 10.5. The third-order valence-electron chi connectivity index (χ3n) is 4.10. The molecule has 1 aromatic heterocycles. The maximum Gasteiger partial charge on any atom is 0.147 e. The average Bonchev–Trinajstić information content (AvgIpc) is 2.79. The van der Waals surface area contributed by atoms with Crippen LogP contribution in [0.5, 0.6) is 0 Å². The first-order chi connectivity index (χ1) is 8.33. The van der Waals surface area contributed by atoms with Gasteiger partial charge in [0.25, 0.3) is 0 Å². The Kier molecular flexibility index (Phi) is 3.11. The Bertz CT molecular complexity index is 375. The van der Waals surface area contributed by atoms with Gasteiger partial charge in [0.2, 0.25) is 0 Å². The van der Waals surface area contributed by atoms with Crippen LogP contribution in [0.4, 0.5) is 0 Å². The number of rotatable bonds is 2. The van der Waals surface area contributed by atoms with Gasteiger partial charge in [-0.3, -0.25) is 4.90 Å². The Hall–Kier alpha value is -0.940. The van der Waals surface area contributed by atoms with E-state index in [0.717, 1.165) is 37.9 Å². The summed E-state index contributed by atoms with van der Waals surface area (Å²) in [5.41, 5.74) is 0. The fraction of sp³-hybridized carbons (Fsp3) is 0.833. The average molecular weight is 235 g/mol. The quantitative estimate of drug-likeness (QED) is 0.810. The Balaban J connectivity index is 1.60. The molecule has 1 aromatic rings. The third kappa shape index (κ3) is 2.35. The van der Waals surface area contributed by atoms with Crippen LogP contribution in [0.1, 0.15) is 25.6 Å². The Morgan fingerprint density at radius 3 is 3.29 bits per heavy atom. The van der Waals surface area contributed by atoms with Gasteiger partial charge in [-0.25, -0.2) is 0 Å². The van der Waals surface area contributed by atoms with Crippen LogP contribution >= 0.6 is 0 Å². The van der Waals surface area contributed by atoms with E-state index in [1.54, 1.807) is 0 Å². The van der Waals surface area contributed by atoms with Crippen LogP contribution in [0.25, 0.3) is 0 Å². The first-order valence-corrected chi connectivity index (χ1v) is 6.65. The minimum atomic E-state index is 0.651. The van der Waals surface area contributed by atoms with Crippen LogP contribution in [0, 0.1) is 5.92 Å². The Morgan fingerprint density at radius 2 is 2.41 bits per heavy atom. The topological polar surface area (TPSA) is 46.0 Å². The van der Waals surface area contributed by atoms with Crippen LogP contribution in [0.3, 0.4) is 0 Å². The molecule has 1 N–H and O–H groups in total. The van der Waals surface area contributed by atoms with Crippen molar-refractivity contribution in [2.24, 2.45) is 5.92 Å². The molecule has 5 heteroatoms. The summed E-state index contributed by atoms with van der Waals surface area (Å²) in [7, 11) is 0.